The van der Waals surface area contributed by atoms with E-state index in [0.717, 1.165) is 32.1 Å². The molecule has 20 heavy (non-hydrogen) atoms. The average molecular weight is 285 g/mol. The van der Waals surface area contributed by atoms with Gasteiger partial charge in [-0.25, -0.2) is 0 Å². The summed E-state index contributed by atoms with van der Waals surface area (Å²) in [6, 6.07) is -0.127. The third kappa shape index (κ3) is 6.71. The monoisotopic (exact) mass is 285 g/mol. The number of rotatable bonds is 6. The zero-order valence-corrected chi connectivity index (χ0v) is 13.4. The Morgan fingerprint density at radius 3 is 2.35 bits per heavy atom. The maximum absolute atomic E-state index is 12.1. The second kappa shape index (κ2) is 7.99. The molecule has 0 aromatic heterocycles. The Morgan fingerprint density at radius 1 is 1.30 bits per heavy atom. The third-order valence-electron chi connectivity index (χ3n) is 4.05. The fraction of sp³-hybridized carbons (Fsp3) is 0.938. The highest BCUT2D eigenvalue weighted by Gasteiger charge is 2.25. The molecule has 0 saturated heterocycles. The van der Waals surface area contributed by atoms with E-state index in [9.17, 15) is 9.90 Å². The summed E-state index contributed by atoms with van der Waals surface area (Å²) >= 11 is 0. The zero-order valence-electron chi connectivity index (χ0n) is 13.4. The maximum atomic E-state index is 12.1. The van der Waals surface area contributed by atoms with Gasteiger partial charge in [-0.3, -0.25) is 4.79 Å². The van der Waals surface area contributed by atoms with Gasteiger partial charge in [0.1, 0.15) is 0 Å². The van der Waals surface area contributed by atoms with E-state index in [-0.39, 0.29) is 24.0 Å². The molecule has 0 heterocycles. The number of aliphatic hydroxyl groups is 1. The molecule has 1 amide bonds. The number of aliphatic hydroxyl groups excluding tert-OH is 1. The van der Waals surface area contributed by atoms with Crippen LogP contribution >= 0.6 is 0 Å². The first-order valence-corrected chi connectivity index (χ1v) is 7.77. The Bertz CT molecular complexity index is 291. The Kier molecular flexibility index (Phi) is 6.96. The van der Waals surface area contributed by atoms with Crippen LogP contribution in [-0.2, 0) is 9.53 Å². The molecule has 2 N–H and O–H groups in total. The molecule has 0 aromatic rings. The van der Waals surface area contributed by atoms with Crippen molar-refractivity contribution in [2.24, 2.45) is 11.3 Å². The summed E-state index contributed by atoms with van der Waals surface area (Å²) in [5.41, 5.74) is 0.108. The molecule has 0 bridgehead atoms. The standard InChI is InChI=1S/C16H31NO3/c1-16(2,3)10-13(11-18)17-15(19)9-12-5-7-14(20-4)8-6-12/h12-14,18H,5-11H2,1-4H3,(H,17,19). The van der Waals surface area contributed by atoms with E-state index in [2.05, 4.69) is 26.1 Å². The summed E-state index contributed by atoms with van der Waals surface area (Å²) in [5.74, 6) is 0.546. The predicted octanol–water partition coefficient (Wildman–Crippen LogP) is 2.50. The van der Waals surface area contributed by atoms with Gasteiger partial charge in [0, 0.05) is 13.5 Å². The van der Waals surface area contributed by atoms with Crippen LogP contribution in [0.15, 0.2) is 0 Å². The number of ether oxygens (including phenoxy) is 1. The number of hydrogen-bond acceptors (Lipinski definition) is 3. The highest BCUT2D eigenvalue weighted by molar-refractivity contribution is 5.76. The van der Waals surface area contributed by atoms with Crippen molar-refractivity contribution < 1.29 is 14.6 Å². The first-order valence-electron chi connectivity index (χ1n) is 7.77. The fourth-order valence-electron chi connectivity index (χ4n) is 3.02. The van der Waals surface area contributed by atoms with Gasteiger partial charge in [-0.05, 0) is 43.4 Å². The van der Waals surface area contributed by atoms with Gasteiger partial charge in [-0.15, -0.1) is 0 Å². The maximum Gasteiger partial charge on any atom is 0.220 e. The number of methoxy groups -OCH3 is 1. The van der Waals surface area contributed by atoms with Gasteiger partial charge in [0.05, 0.1) is 18.8 Å². The van der Waals surface area contributed by atoms with Gasteiger partial charge in [-0.2, -0.15) is 0 Å². The lowest BCUT2D eigenvalue weighted by molar-refractivity contribution is -0.123. The van der Waals surface area contributed by atoms with Crippen molar-refractivity contribution in [1.82, 2.24) is 5.32 Å². The fourth-order valence-corrected chi connectivity index (χ4v) is 3.02. The minimum Gasteiger partial charge on any atom is -0.394 e. The van der Waals surface area contributed by atoms with E-state index in [4.69, 9.17) is 4.74 Å². The average Bonchev–Trinajstić information content (AvgIpc) is 2.37. The van der Waals surface area contributed by atoms with Gasteiger partial charge < -0.3 is 15.2 Å². The van der Waals surface area contributed by atoms with Crippen LogP contribution in [0, 0.1) is 11.3 Å². The summed E-state index contributed by atoms with van der Waals surface area (Å²) in [6.45, 7) is 6.37. The van der Waals surface area contributed by atoms with Gasteiger partial charge >= 0.3 is 0 Å². The van der Waals surface area contributed by atoms with Crippen LogP contribution < -0.4 is 5.32 Å². The molecule has 1 saturated carbocycles. The van der Waals surface area contributed by atoms with Crippen LogP contribution in [0.25, 0.3) is 0 Å². The molecular weight excluding hydrogens is 254 g/mol. The van der Waals surface area contributed by atoms with Gasteiger partial charge in [0.2, 0.25) is 5.91 Å². The minimum atomic E-state index is -0.127. The van der Waals surface area contributed by atoms with Crippen molar-refractivity contribution >= 4 is 5.91 Å². The SMILES string of the molecule is COC1CCC(CC(=O)NC(CO)CC(C)(C)C)CC1. The molecule has 1 unspecified atom stereocenters. The summed E-state index contributed by atoms with van der Waals surface area (Å²) in [4.78, 5) is 12.1. The lowest BCUT2D eigenvalue weighted by Gasteiger charge is -2.29. The van der Waals surface area contributed by atoms with Crippen LogP contribution in [0.3, 0.4) is 0 Å². The summed E-state index contributed by atoms with van der Waals surface area (Å²) < 4.78 is 5.35. The van der Waals surface area contributed by atoms with E-state index in [0.29, 0.717) is 18.4 Å². The molecule has 1 atom stereocenters. The van der Waals surface area contributed by atoms with Crippen molar-refractivity contribution in [2.75, 3.05) is 13.7 Å². The predicted molar refractivity (Wildman–Crippen MR) is 80.5 cm³/mol. The Balaban J connectivity index is 2.32. The highest BCUT2D eigenvalue weighted by atomic mass is 16.5. The number of carbonyl (C=O) groups is 1. The molecular formula is C16H31NO3. The van der Waals surface area contributed by atoms with Gasteiger partial charge in [-0.1, -0.05) is 20.8 Å². The first-order chi connectivity index (χ1) is 9.34. The van der Waals surface area contributed by atoms with E-state index < -0.39 is 0 Å². The Morgan fingerprint density at radius 2 is 1.90 bits per heavy atom. The normalized spacial score (nSPS) is 25.2. The summed E-state index contributed by atoms with van der Waals surface area (Å²) in [5, 5.41) is 12.4. The molecule has 1 aliphatic rings. The van der Waals surface area contributed by atoms with Crippen molar-refractivity contribution in [2.45, 2.75) is 71.4 Å². The lowest BCUT2D eigenvalue weighted by atomic mass is 9.84. The van der Waals surface area contributed by atoms with Crippen molar-refractivity contribution in [1.29, 1.82) is 0 Å². The van der Waals surface area contributed by atoms with Crippen LogP contribution in [-0.4, -0.2) is 36.9 Å². The van der Waals surface area contributed by atoms with Crippen molar-refractivity contribution in [3.63, 3.8) is 0 Å². The molecule has 4 nitrogen and oxygen atoms in total. The summed E-state index contributed by atoms with van der Waals surface area (Å²) in [7, 11) is 1.76. The number of hydrogen-bond donors (Lipinski definition) is 2. The molecule has 1 aliphatic carbocycles. The molecule has 4 heteroatoms. The van der Waals surface area contributed by atoms with Crippen molar-refractivity contribution in [3.8, 4) is 0 Å². The second-order valence-electron chi connectivity index (χ2n) is 7.29. The minimum absolute atomic E-state index is 0.0133. The molecule has 0 aromatic carbocycles. The van der Waals surface area contributed by atoms with Crippen LogP contribution in [0.2, 0.25) is 0 Å². The van der Waals surface area contributed by atoms with E-state index >= 15 is 0 Å². The zero-order chi connectivity index (χ0) is 15.2. The molecule has 0 radical (unpaired) electrons. The number of amides is 1. The molecule has 1 rings (SSSR count). The molecule has 118 valence electrons. The third-order valence-corrected chi connectivity index (χ3v) is 4.05. The number of carbonyl (C=O) groups excluding carboxylic acids is 1. The molecule has 1 fully saturated rings. The van der Waals surface area contributed by atoms with Gasteiger partial charge in [0.25, 0.3) is 0 Å². The lowest BCUT2D eigenvalue weighted by Crippen LogP contribution is -2.41. The largest absolute Gasteiger partial charge is 0.394 e. The van der Waals surface area contributed by atoms with E-state index in [1.54, 1.807) is 7.11 Å². The number of nitrogens with one attached hydrogen (secondary N) is 1. The quantitative estimate of drug-likeness (QED) is 0.788. The van der Waals surface area contributed by atoms with Crippen LogP contribution in [0.4, 0.5) is 0 Å². The van der Waals surface area contributed by atoms with E-state index in [1.165, 1.54) is 0 Å². The Labute approximate surface area is 123 Å². The van der Waals surface area contributed by atoms with Crippen molar-refractivity contribution in [3.05, 3.63) is 0 Å². The highest BCUT2D eigenvalue weighted by Crippen LogP contribution is 2.28. The smallest absolute Gasteiger partial charge is 0.220 e. The Hall–Kier alpha value is -0.610. The second-order valence-corrected chi connectivity index (χ2v) is 7.29. The van der Waals surface area contributed by atoms with Gasteiger partial charge in [0.15, 0.2) is 0 Å². The topological polar surface area (TPSA) is 58.6 Å². The summed E-state index contributed by atoms with van der Waals surface area (Å²) in [6.07, 6.45) is 5.99. The first kappa shape index (κ1) is 17.4. The van der Waals surface area contributed by atoms with Crippen LogP contribution in [0.1, 0.15) is 59.3 Å². The molecule has 0 aliphatic heterocycles. The molecule has 0 spiro atoms. The van der Waals surface area contributed by atoms with E-state index in [1.807, 2.05) is 0 Å². The van der Waals surface area contributed by atoms with Crippen LogP contribution in [0.5, 0.6) is 0 Å².